The molecule has 0 saturated carbocycles. The largest absolute Gasteiger partial charge is 0.491 e. The summed E-state index contributed by atoms with van der Waals surface area (Å²) in [6.07, 6.45) is 0.655. The Kier molecular flexibility index (Phi) is 10.8. The molecule has 0 aromatic heterocycles. The number of esters is 1. The van der Waals surface area contributed by atoms with Crippen molar-refractivity contribution >= 4 is 12.1 Å². The van der Waals surface area contributed by atoms with E-state index in [2.05, 4.69) is 5.32 Å². The van der Waals surface area contributed by atoms with Gasteiger partial charge >= 0.3 is 12.1 Å². The molecule has 3 aromatic rings. The molecule has 0 aliphatic carbocycles. The van der Waals surface area contributed by atoms with Crippen molar-refractivity contribution in [2.24, 2.45) is 5.92 Å². The van der Waals surface area contributed by atoms with Crippen molar-refractivity contribution < 1.29 is 33.3 Å². The second-order valence-electron chi connectivity index (χ2n) is 11.5. The van der Waals surface area contributed by atoms with Gasteiger partial charge in [0.05, 0.1) is 12.5 Å². The third kappa shape index (κ3) is 9.80. The van der Waals surface area contributed by atoms with E-state index in [0.717, 1.165) is 28.2 Å². The van der Waals surface area contributed by atoms with E-state index in [1.165, 1.54) is 0 Å². The fraction of sp³-hybridized carbons (Fsp3) is 0.412. The number of rotatable bonds is 13. The van der Waals surface area contributed by atoms with Crippen LogP contribution in [0.15, 0.2) is 78.9 Å². The topological polar surface area (TPSA) is 92.3 Å². The Balaban J connectivity index is 1.38. The van der Waals surface area contributed by atoms with E-state index < -0.39 is 23.7 Å². The lowest BCUT2D eigenvalue weighted by Crippen LogP contribution is -2.45. The highest BCUT2D eigenvalue weighted by atomic mass is 16.6. The first kappa shape index (κ1) is 30.9. The molecule has 224 valence electrons. The molecule has 0 unspecified atom stereocenters. The molecule has 1 heterocycles. The number of methoxy groups -OCH3 is 1. The summed E-state index contributed by atoms with van der Waals surface area (Å²) in [5, 5.41) is 2.94. The van der Waals surface area contributed by atoms with E-state index in [1.54, 1.807) is 7.11 Å². The predicted octanol–water partition coefficient (Wildman–Crippen LogP) is 5.90. The van der Waals surface area contributed by atoms with Crippen molar-refractivity contribution in [1.29, 1.82) is 0 Å². The molecule has 1 amide bonds. The minimum Gasteiger partial charge on any atom is -0.491 e. The zero-order valence-corrected chi connectivity index (χ0v) is 24.8. The molecular formula is C34H41NO7. The first-order chi connectivity index (χ1) is 20.2. The van der Waals surface area contributed by atoms with Gasteiger partial charge in [-0.2, -0.15) is 0 Å². The van der Waals surface area contributed by atoms with Crippen LogP contribution in [0.3, 0.4) is 0 Å². The molecule has 1 fully saturated rings. The van der Waals surface area contributed by atoms with Crippen LogP contribution in [0.1, 0.15) is 43.9 Å². The van der Waals surface area contributed by atoms with Crippen LogP contribution in [0.25, 0.3) is 0 Å². The summed E-state index contributed by atoms with van der Waals surface area (Å²) < 4.78 is 27.9. The number of hydrogen-bond donors (Lipinski definition) is 1. The molecule has 0 radical (unpaired) electrons. The fourth-order valence-electron chi connectivity index (χ4n) is 4.83. The zero-order valence-electron chi connectivity index (χ0n) is 24.8. The van der Waals surface area contributed by atoms with Gasteiger partial charge < -0.3 is 29.0 Å². The Labute approximate surface area is 248 Å². The van der Waals surface area contributed by atoms with Crippen LogP contribution < -0.4 is 14.8 Å². The van der Waals surface area contributed by atoms with Gasteiger partial charge in [-0.3, -0.25) is 4.79 Å². The quantitative estimate of drug-likeness (QED) is 0.200. The molecule has 1 aliphatic heterocycles. The molecule has 0 bridgehead atoms. The maximum absolute atomic E-state index is 13.1. The highest BCUT2D eigenvalue weighted by Crippen LogP contribution is 2.29. The van der Waals surface area contributed by atoms with Gasteiger partial charge in [0.15, 0.2) is 0 Å². The van der Waals surface area contributed by atoms with E-state index in [0.29, 0.717) is 39.1 Å². The van der Waals surface area contributed by atoms with Gasteiger partial charge in [0.25, 0.3) is 0 Å². The predicted molar refractivity (Wildman–Crippen MR) is 160 cm³/mol. The summed E-state index contributed by atoms with van der Waals surface area (Å²) in [5.74, 6) is 0.682. The Bertz CT molecular complexity index is 1270. The van der Waals surface area contributed by atoms with E-state index >= 15 is 0 Å². The summed E-state index contributed by atoms with van der Waals surface area (Å²) in [7, 11) is 1.63. The van der Waals surface area contributed by atoms with Crippen LogP contribution >= 0.6 is 0 Å². The Morgan fingerprint density at radius 2 is 1.52 bits per heavy atom. The molecule has 1 saturated heterocycles. The number of carbonyl (C=O) groups is 2. The minimum atomic E-state index is -0.661. The van der Waals surface area contributed by atoms with Crippen LogP contribution in [-0.2, 0) is 38.5 Å². The summed E-state index contributed by atoms with van der Waals surface area (Å²) in [4.78, 5) is 25.8. The number of hydrogen-bond acceptors (Lipinski definition) is 7. The lowest BCUT2D eigenvalue weighted by Gasteiger charge is -2.26. The van der Waals surface area contributed by atoms with Gasteiger partial charge in [-0.05, 0) is 74.6 Å². The first-order valence-corrected chi connectivity index (χ1v) is 14.3. The van der Waals surface area contributed by atoms with Crippen LogP contribution in [-0.4, -0.2) is 50.1 Å². The average Bonchev–Trinajstić information content (AvgIpc) is 3.32. The number of ether oxygens (including phenoxy) is 5. The molecule has 0 spiro atoms. The third-order valence-electron chi connectivity index (χ3n) is 6.86. The Hall–Kier alpha value is -4.04. The molecule has 8 heteroatoms. The summed E-state index contributed by atoms with van der Waals surface area (Å²) in [6, 6.07) is 25.0. The van der Waals surface area contributed by atoms with Gasteiger partial charge in [0, 0.05) is 19.6 Å². The first-order valence-electron chi connectivity index (χ1n) is 14.3. The molecular weight excluding hydrogens is 534 g/mol. The van der Waals surface area contributed by atoms with Crippen molar-refractivity contribution in [3.8, 4) is 11.5 Å². The van der Waals surface area contributed by atoms with Gasteiger partial charge in [-0.25, -0.2) is 4.79 Å². The normalized spacial score (nSPS) is 17.3. The van der Waals surface area contributed by atoms with Crippen LogP contribution in [0.5, 0.6) is 11.5 Å². The highest BCUT2D eigenvalue weighted by molar-refractivity contribution is 5.77. The number of benzene rings is 3. The van der Waals surface area contributed by atoms with Gasteiger partial charge in [0.2, 0.25) is 0 Å². The molecule has 3 aromatic carbocycles. The van der Waals surface area contributed by atoms with Crippen LogP contribution in [0.2, 0.25) is 0 Å². The highest BCUT2D eigenvalue weighted by Gasteiger charge is 2.41. The maximum Gasteiger partial charge on any atom is 0.407 e. The number of carbonyl (C=O) groups excluding carboxylic acids is 2. The Morgan fingerprint density at radius 1 is 0.881 bits per heavy atom. The second-order valence-corrected chi connectivity index (χ2v) is 11.5. The summed E-state index contributed by atoms with van der Waals surface area (Å²) in [6.45, 7) is 6.88. The smallest absolute Gasteiger partial charge is 0.407 e. The third-order valence-corrected chi connectivity index (χ3v) is 6.86. The lowest BCUT2D eigenvalue weighted by atomic mass is 9.89. The van der Waals surface area contributed by atoms with Crippen molar-refractivity contribution in [3.05, 3.63) is 95.6 Å². The van der Waals surface area contributed by atoms with Crippen molar-refractivity contribution in [1.82, 2.24) is 5.32 Å². The van der Waals surface area contributed by atoms with Gasteiger partial charge in [-0.1, -0.05) is 54.6 Å². The van der Waals surface area contributed by atoms with Crippen LogP contribution in [0, 0.1) is 5.92 Å². The molecule has 42 heavy (non-hydrogen) atoms. The molecule has 1 N–H and O–H groups in total. The molecule has 1 aliphatic rings. The SMILES string of the molecule is COCCOc1ccc(C[C@H](NC(=O)OC(C)(C)C)[C@H]2C[C@@H](Cc3ccc(OCc4ccccc4)cc3)OC2=O)cc1. The Morgan fingerprint density at radius 3 is 2.17 bits per heavy atom. The van der Waals surface area contributed by atoms with E-state index in [4.69, 9.17) is 23.7 Å². The van der Waals surface area contributed by atoms with E-state index in [-0.39, 0.29) is 12.1 Å². The van der Waals surface area contributed by atoms with E-state index in [9.17, 15) is 9.59 Å². The van der Waals surface area contributed by atoms with Crippen molar-refractivity contribution in [2.75, 3.05) is 20.3 Å². The van der Waals surface area contributed by atoms with Crippen molar-refractivity contribution in [2.45, 2.75) is 64.4 Å². The number of nitrogens with one attached hydrogen (secondary N) is 1. The monoisotopic (exact) mass is 575 g/mol. The lowest BCUT2D eigenvalue weighted by molar-refractivity contribution is -0.144. The zero-order chi connectivity index (χ0) is 30.0. The molecule has 4 rings (SSSR count). The second kappa shape index (κ2) is 14.7. The summed E-state index contributed by atoms with van der Waals surface area (Å²) >= 11 is 0. The summed E-state index contributed by atoms with van der Waals surface area (Å²) in [5.41, 5.74) is 2.44. The fourth-order valence-corrected chi connectivity index (χ4v) is 4.83. The molecule has 8 nitrogen and oxygen atoms in total. The molecule has 3 atom stereocenters. The number of cyclic esters (lactones) is 1. The standard InChI is InChI=1S/C34H41NO7/c1-34(2,3)42-33(37)35-31(21-25-12-14-27(15-13-25)39-19-18-38-4)30-22-29(41-32(30)36)20-24-10-16-28(17-11-24)40-23-26-8-6-5-7-9-26/h5-17,29-31H,18-23H2,1-4H3,(H,35,37)/t29-,30-,31+/m1/s1. The minimum absolute atomic E-state index is 0.293. The van der Waals surface area contributed by atoms with Crippen molar-refractivity contribution in [3.63, 3.8) is 0 Å². The number of alkyl carbamates (subject to hydrolysis) is 1. The van der Waals surface area contributed by atoms with Crippen LogP contribution in [0.4, 0.5) is 4.79 Å². The van der Waals surface area contributed by atoms with Gasteiger partial charge in [-0.15, -0.1) is 0 Å². The number of amides is 1. The van der Waals surface area contributed by atoms with Gasteiger partial charge in [0.1, 0.15) is 36.4 Å². The van der Waals surface area contributed by atoms with E-state index in [1.807, 2.05) is 99.6 Å². The average molecular weight is 576 g/mol. The maximum atomic E-state index is 13.1.